The molecule has 0 atom stereocenters. The highest BCUT2D eigenvalue weighted by Gasteiger charge is 2.14. The first-order chi connectivity index (χ1) is 11.1. The van der Waals surface area contributed by atoms with Crippen LogP contribution in [0.15, 0.2) is 42.6 Å². The van der Waals surface area contributed by atoms with Crippen molar-refractivity contribution < 1.29 is 0 Å². The number of rotatable bonds is 4. The number of nitrogens with zero attached hydrogens (tertiary/aromatic N) is 2. The van der Waals surface area contributed by atoms with Crippen molar-refractivity contribution in [1.82, 2.24) is 9.55 Å². The van der Waals surface area contributed by atoms with E-state index in [4.69, 9.17) is 0 Å². The van der Waals surface area contributed by atoms with E-state index in [1.165, 1.54) is 27.7 Å². The minimum atomic E-state index is 0.606. The lowest BCUT2D eigenvalue weighted by Gasteiger charge is -2.12. The largest absolute Gasteiger partial charge is 0.343 e. The molecule has 2 heterocycles. The van der Waals surface area contributed by atoms with Crippen LogP contribution in [0.5, 0.6) is 0 Å². The maximum Gasteiger partial charge on any atom is 0.0872 e. The van der Waals surface area contributed by atoms with Gasteiger partial charge < -0.3 is 4.57 Å². The van der Waals surface area contributed by atoms with Crippen molar-refractivity contribution >= 4 is 23.1 Å². The Hall–Kier alpha value is -2.35. The fraction of sp³-hybridized carbons (Fsp3) is 0.286. The minimum absolute atomic E-state index is 0.606. The van der Waals surface area contributed by atoms with Gasteiger partial charge in [0.1, 0.15) is 0 Å². The number of hydrogen-bond acceptors (Lipinski definition) is 1. The average Bonchev–Trinajstić information content (AvgIpc) is 2.79. The quantitative estimate of drug-likeness (QED) is 0.624. The van der Waals surface area contributed by atoms with Gasteiger partial charge in [-0.25, -0.2) is 0 Å². The first kappa shape index (κ1) is 15.5. The molecule has 0 saturated carbocycles. The molecule has 2 nitrogen and oxygen atoms in total. The van der Waals surface area contributed by atoms with E-state index in [1.54, 1.807) is 0 Å². The Morgan fingerprint density at radius 2 is 1.78 bits per heavy atom. The molecule has 0 amide bonds. The van der Waals surface area contributed by atoms with Crippen LogP contribution in [0.2, 0.25) is 0 Å². The Morgan fingerprint density at radius 3 is 2.48 bits per heavy atom. The Kier molecular flexibility index (Phi) is 4.33. The number of fused-ring (bicyclic) bond motifs is 1. The van der Waals surface area contributed by atoms with Crippen LogP contribution >= 0.6 is 0 Å². The zero-order valence-electron chi connectivity index (χ0n) is 14.4. The Balaban J connectivity index is 2.14. The van der Waals surface area contributed by atoms with Gasteiger partial charge in [-0.05, 0) is 43.0 Å². The Labute approximate surface area is 138 Å². The second-order valence-corrected chi connectivity index (χ2v) is 6.55. The van der Waals surface area contributed by atoms with E-state index in [2.05, 4.69) is 79.7 Å². The molecule has 0 aliphatic rings. The highest BCUT2D eigenvalue weighted by atomic mass is 15.0. The summed E-state index contributed by atoms with van der Waals surface area (Å²) in [5.74, 6) is 0.606. The first-order valence-corrected chi connectivity index (χ1v) is 8.25. The first-order valence-electron chi connectivity index (χ1n) is 8.25. The van der Waals surface area contributed by atoms with Gasteiger partial charge in [-0.15, -0.1) is 0 Å². The van der Waals surface area contributed by atoms with Crippen molar-refractivity contribution in [3.63, 3.8) is 0 Å². The van der Waals surface area contributed by atoms with Crippen LogP contribution in [0, 0.1) is 19.8 Å². The number of hydrogen-bond donors (Lipinski definition) is 0. The summed E-state index contributed by atoms with van der Waals surface area (Å²) in [6.07, 6.45) is 6.19. The molecule has 0 bridgehead atoms. The normalized spacial score (nSPS) is 11.9. The SMILES string of the molecule is Cc1c(C)n(CC(C)C)c2c(/C=C/c3ccccc3)nccc12. The predicted molar refractivity (Wildman–Crippen MR) is 99.4 cm³/mol. The molecule has 0 aliphatic carbocycles. The molecule has 1 aromatic carbocycles. The lowest BCUT2D eigenvalue weighted by atomic mass is 10.1. The number of aryl methyl sites for hydroxylation is 1. The van der Waals surface area contributed by atoms with Crippen LogP contribution in [0.25, 0.3) is 23.1 Å². The van der Waals surface area contributed by atoms with Crippen LogP contribution < -0.4 is 0 Å². The highest BCUT2D eigenvalue weighted by Crippen LogP contribution is 2.28. The molecule has 2 heteroatoms. The molecular weight excluding hydrogens is 280 g/mol. The molecule has 0 aliphatic heterocycles. The molecule has 118 valence electrons. The summed E-state index contributed by atoms with van der Waals surface area (Å²) in [7, 11) is 0. The summed E-state index contributed by atoms with van der Waals surface area (Å²) < 4.78 is 2.42. The zero-order chi connectivity index (χ0) is 16.4. The van der Waals surface area contributed by atoms with Crippen molar-refractivity contribution in [3.05, 3.63) is 65.1 Å². The van der Waals surface area contributed by atoms with E-state index in [-0.39, 0.29) is 0 Å². The highest BCUT2D eigenvalue weighted by molar-refractivity contribution is 5.92. The molecule has 2 aromatic heterocycles. The van der Waals surface area contributed by atoms with Gasteiger partial charge in [0.2, 0.25) is 0 Å². The van der Waals surface area contributed by atoms with Crippen LogP contribution in [-0.2, 0) is 6.54 Å². The summed E-state index contributed by atoms with van der Waals surface area (Å²) >= 11 is 0. The van der Waals surface area contributed by atoms with Gasteiger partial charge >= 0.3 is 0 Å². The minimum Gasteiger partial charge on any atom is -0.343 e. The monoisotopic (exact) mass is 304 g/mol. The fourth-order valence-corrected chi connectivity index (χ4v) is 3.08. The molecule has 0 unspecified atom stereocenters. The number of aromatic nitrogens is 2. The van der Waals surface area contributed by atoms with Gasteiger partial charge in [-0.2, -0.15) is 0 Å². The summed E-state index contributed by atoms with van der Waals surface area (Å²) in [5.41, 5.74) is 6.20. The second kappa shape index (κ2) is 6.41. The van der Waals surface area contributed by atoms with Gasteiger partial charge in [0.05, 0.1) is 11.2 Å². The van der Waals surface area contributed by atoms with Crippen molar-refractivity contribution in [2.75, 3.05) is 0 Å². The molecule has 0 spiro atoms. The molecule has 0 saturated heterocycles. The van der Waals surface area contributed by atoms with Crippen LogP contribution in [-0.4, -0.2) is 9.55 Å². The summed E-state index contributed by atoms with van der Waals surface area (Å²) in [6.45, 7) is 9.96. The predicted octanol–water partition coefficient (Wildman–Crippen LogP) is 5.48. The summed E-state index contributed by atoms with van der Waals surface area (Å²) in [6, 6.07) is 12.5. The topological polar surface area (TPSA) is 17.8 Å². The van der Waals surface area contributed by atoms with E-state index >= 15 is 0 Å². The Morgan fingerprint density at radius 1 is 1.04 bits per heavy atom. The fourth-order valence-electron chi connectivity index (χ4n) is 3.08. The molecule has 3 aromatic rings. The standard InChI is InChI=1S/C21H24N2/c1-15(2)14-23-17(4)16(3)19-12-13-22-20(21(19)23)11-10-18-8-6-5-7-9-18/h5-13,15H,14H2,1-4H3/b11-10+. The molecule has 0 N–H and O–H groups in total. The van der Waals surface area contributed by atoms with E-state index < -0.39 is 0 Å². The van der Waals surface area contributed by atoms with Gasteiger partial charge in [-0.3, -0.25) is 4.98 Å². The zero-order valence-corrected chi connectivity index (χ0v) is 14.4. The molecule has 0 radical (unpaired) electrons. The van der Waals surface area contributed by atoms with Gasteiger partial charge in [0.15, 0.2) is 0 Å². The number of pyridine rings is 1. The van der Waals surface area contributed by atoms with Crippen molar-refractivity contribution in [3.8, 4) is 0 Å². The molecular formula is C21H24N2. The van der Waals surface area contributed by atoms with Gasteiger partial charge in [0.25, 0.3) is 0 Å². The van der Waals surface area contributed by atoms with E-state index in [0.29, 0.717) is 5.92 Å². The van der Waals surface area contributed by atoms with E-state index in [0.717, 1.165) is 12.2 Å². The van der Waals surface area contributed by atoms with E-state index in [9.17, 15) is 0 Å². The molecule has 0 fully saturated rings. The third-order valence-corrected chi connectivity index (χ3v) is 4.36. The molecule has 3 rings (SSSR count). The second-order valence-electron chi connectivity index (χ2n) is 6.55. The van der Waals surface area contributed by atoms with Crippen LogP contribution in [0.1, 0.15) is 36.4 Å². The maximum absolute atomic E-state index is 4.64. The van der Waals surface area contributed by atoms with Crippen LogP contribution in [0.3, 0.4) is 0 Å². The van der Waals surface area contributed by atoms with Crippen molar-refractivity contribution in [1.29, 1.82) is 0 Å². The van der Waals surface area contributed by atoms with E-state index in [1.807, 2.05) is 12.3 Å². The Bertz CT molecular complexity index is 839. The molecule has 23 heavy (non-hydrogen) atoms. The van der Waals surface area contributed by atoms with Gasteiger partial charge in [0, 0.05) is 23.8 Å². The van der Waals surface area contributed by atoms with Crippen molar-refractivity contribution in [2.24, 2.45) is 5.92 Å². The van der Waals surface area contributed by atoms with Gasteiger partial charge in [-0.1, -0.05) is 50.3 Å². The smallest absolute Gasteiger partial charge is 0.0872 e. The maximum atomic E-state index is 4.64. The van der Waals surface area contributed by atoms with Crippen LogP contribution in [0.4, 0.5) is 0 Å². The van der Waals surface area contributed by atoms with Crippen molar-refractivity contribution in [2.45, 2.75) is 34.2 Å². The average molecular weight is 304 g/mol. The number of benzene rings is 1. The summed E-state index contributed by atoms with van der Waals surface area (Å²) in [5, 5.41) is 1.31. The lowest BCUT2D eigenvalue weighted by molar-refractivity contribution is 0.527. The summed E-state index contributed by atoms with van der Waals surface area (Å²) in [4.78, 5) is 4.64. The third-order valence-electron chi connectivity index (χ3n) is 4.36. The lowest BCUT2D eigenvalue weighted by Crippen LogP contribution is -2.07. The third kappa shape index (κ3) is 3.07.